The Kier molecular flexibility index (Phi) is 9.07. The molecule has 1 N–H and O–H groups in total. The number of unbranched alkanes of at least 4 members (excludes halogenated alkanes) is 1. The van der Waals surface area contributed by atoms with E-state index in [-0.39, 0.29) is 0 Å². The van der Waals surface area contributed by atoms with E-state index in [2.05, 4.69) is 78.2 Å². The minimum absolute atomic E-state index is 0.427. The smallest absolute Gasteiger partial charge is 0.193 e. The molecule has 0 bridgehead atoms. The first-order chi connectivity index (χ1) is 11.1. The summed E-state index contributed by atoms with van der Waals surface area (Å²) < 4.78 is 0. The van der Waals surface area contributed by atoms with Gasteiger partial charge in [-0.3, -0.25) is 4.99 Å². The Morgan fingerprint density at radius 2 is 1.96 bits per heavy atom. The van der Waals surface area contributed by atoms with Crippen molar-refractivity contribution in [2.24, 2.45) is 4.99 Å². The number of allylic oxidation sites excluding steroid dienone is 1. The van der Waals surface area contributed by atoms with Gasteiger partial charge in [-0.15, -0.1) is 6.58 Å². The number of aliphatic imine (C=N–C) groups is 1. The van der Waals surface area contributed by atoms with Crippen molar-refractivity contribution >= 4 is 5.96 Å². The van der Waals surface area contributed by atoms with Crippen molar-refractivity contribution in [2.75, 3.05) is 41.3 Å². The highest BCUT2D eigenvalue weighted by molar-refractivity contribution is 5.79. The molecule has 1 aromatic rings. The van der Waals surface area contributed by atoms with Crippen molar-refractivity contribution < 1.29 is 0 Å². The fourth-order valence-electron chi connectivity index (χ4n) is 2.50. The molecule has 0 aliphatic heterocycles. The van der Waals surface area contributed by atoms with Gasteiger partial charge in [-0.05, 0) is 38.9 Å². The molecule has 0 aliphatic carbocycles. The van der Waals surface area contributed by atoms with Crippen LogP contribution >= 0.6 is 0 Å². The van der Waals surface area contributed by atoms with Crippen molar-refractivity contribution in [3.63, 3.8) is 0 Å². The second-order valence-corrected chi connectivity index (χ2v) is 6.09. The van der Waals surface area contributed by atoms with Gasteiger partial charge in [-0.2, -0.15) is 0 Å². The van der Waals surface area contributed by atoms with Crippen molar-refractivity contribution in [1.82, 2.24) is 15.1 Å². The fourth-order valence-corrected chi connectivity index (χ4v) is 2.50. The highest BCUT2D eigenvalue weighted by atomic mass is 15.3. The Balaban J connectivity index is 2.54. The molecular formula is C19H32N4. The maximum absolute atomic E-state index is 4.39. The number of hydrogen-bond acceptors (Lipinski definition) is 2. The lowest BCUT2D eigenvalue weighted by molar-refractivity contribution is 0.288. The largest absolute Gasteiger partial charge is 0.355 e. The van der Waals surface area contributed by atoms with E-state index in [4.69, 9.17) is 0 Å². The standard InChI is InChI=1S/C19H32N4/c1-6-7-11-14-23(5)19(20-2)21-16-18(22(3)4)15-17-12-9-8-10-13-17/h6,8-10,12-13,18H,1,7,11,14-16H2,2-5H3,(H,20,21). The Hall–Kier alpha value is -1.81. The number of benzene rings is 1. The van der Waals surface area contributed by atoms with Crippen LogP contribution in [-0.4, -0.2) is 63.1 Å². The van der Waals surface area contributed by atoms with Gasteiger partial charge in [0.2, 0.25) is 0 Å². The van der Waals surface area contributed by atoms with Gasteiger partial charge in [0.15, 0.2) is 5.96 Å². The first kappa shape index (κ1) is 19.2. The molecule has 0 spiro atoms. The van der Waals surface area contributed by atoms with Gasteiger partial charge in [0.05, 0.1) is 0 Å². The number of guanidine groups is 1. The Morgan fingerprint density at radius 3 is 2.52 bits per heavy atom. The molecule has 0 fully saturated rings. The number of hydrogen-bond donors (Lipinski definition) is 1. The molecule has 4 nitrogen and oxygen atoms in total. The summed E-state index contributed by atoms with van der Waals surface area (Å²) in [7, 11) is 8.19. The van der Waals surface area contributed by atoms with Crippen LogP contribution < -0.4 is 5.32 Å². The molecule has 0 amide bonds. The second kappa shape index (κ2) is 10.8. The summed E-state index contributed by atoms with van der Waals surface area (Å²) in [6, 6.07) is 11.1. The number of nitrogens with zero attached hydrogens (tertiary/aromatic N) is 3. The van der Waals surface area contributed by atoms with Gasteiger partial charge in [0.25, 0.3) is 0 Å². The van der Waals surface area contributed by atoms with Crippen molar-refractivity contribution in [3.05, 3.63) is 48.6 Å². The summed E-state index contributed by atoms with van der Waals surface area (Å²) in [6.07, 6.45) is 5.13. The quantitative estimate of drug-likeness (QED) is 0.329. The number of rotatable bonds is 9. The van der Waals surface area contributed by atoms with Crippen LogP contribution in [0.3, 0.4) is 0 Å². The van der Waals surface area contributed by atoms with Crippen LogP contribution in [0.4, 0.5) is 0 Å². The molecular weight excluding hydrogens is 284 g/mol. The third-order valence-corrected chi connectivity index (χ3v) is 4.02. The number of nitrogens with one attached hydrogen (secondary N) is 1. The Bertz CT molecular complexity index is 468. The minimum atomic E-state index is 0.427. The first-order valence-electron chi connectivity index (χ1n) is 8.31. The topological polar surface area (TPSA) is 30.9 Å². The number of likely N-dealkylation sites (N-methyl/N-ethyl adjacent to an activating group) is 1. The molecule has 0 saturated carbocycles. The molecule has 128 valence electrons. The fraction of sp³-hybridized carbons (Fsp3) is 0.526. The lowest BCUT2D eigenvalue weighted by Gasteiger charge is -2.28. The Labute approximate surface area is 141 Å². The molecule has 1 atom stereocenters. The molecule has 0 saturated heterocycles. The van der Waals surface area contributed by atoms with Crippen LogP contribution in [0.2, 0.25) is 0 Å². The molecule has 4 heteroatoms. The average molecular weight is 316 g/mol. The van der Waals surface area contributed by atoms with Crippen LogP contribution in [-0.2, 0) is 6.42 Å². The van der Waals surface area contributed by atoms with E-state index in [1.807, 2.05) is 13.1 Å². The molecule has 0 aromatic heterocycles. The molecule has 0 heterocycles. The summed E-state index contributed by atoms with van der Waals surface area (Å²) in [5.74, 6) is 0.953. The third kappa shape index (κ3) is 7.33. The van der Waals surface area contributed by atoms with Gasteiger partial charge in [0, 0.05) is 33.2 Å². The molecule has 23 heavy (non-hydrogen) atoms. The lowest BCUT2D eigenvalue weighted by atomic mass is 10.1. The van der Waals surface area contributed by atoms with E-state index in [9.17, 15) is 0 Å². The summed E-state index contributed by atoms with van der Waals surface area (Å²) in [4.78, 5) is 8.84. The van der Waals surface area contributed by atoms with Crippen LogP contribution in [0.1, 0.15) is 18.4 Å². The molecule has 0 aliphatic rings. The van der Waals surface area contributed by atoms with Gasteiger partial charge in [-0.1, -0.05) is 36.4 Å². The van der Waals surface area contributed by atoms with Gasteiger partial charge >= 0.3 is 0 Å². The monoisotopic (exact) mass is 316 g/mol. The molecule has 1 unspecified atom stereocenters. The lowest BCUT2D eigenvalue weighted by Crippen LogP contribution is -2.46. The van der Waals surface area contributed by atoms with Gasteiger partial charge in [-0.25, -0.2) is 0 Å². The summed E-state index contributed by atoms with van der Waals surface area (Å²) in [5, 5.41) is 3.51. The third-order valence-electron chi connectivity index (χ3n) is 4.02. The van der Waals surface area contributed by atoms with E-state index in [1.54, 1.807) is 0 Å². The van der Waals surface area contributed by atoms with Gasteiger partial charge < -0.3 is 15.1 Å². The van der Waals surface area contributed by atoms with Gasteiger partial charge in [0.1, 0.15) is 0 Å². The van der Waals surface area contributed by atoms with E-state index < -0.39 is 0 Å². The van der Waals surface area contributed by atoms with Crippen molar-refractivity contribution in [2.45, 2.75) is 25.3 Å². The summed E-state index contributed by atoms with van der Waals surface area (Å²) in [5.41, 5.74) is 1.36. The average Bonchev–Trinajstić information content (AvgIpc) is 2.55. The van der Waals surface area contributed by atoms with Crippen LogP contribution in [0.15, 0.2) is 48.0 Å². The van der Waals surface area contributed by atoms with Crippen LogP contribution in [0.25, 0.3) is 0 Å². The highest BCUT2D eigenvalue weighted by Gasteiger charge is 2.14. The van der Waals surface area contributed by atoms with Crippen molar-refractivity contribution in [3.8, 4) is 0 Å². The van der Waals surface area contributed by atoms with Crippen molar-refractivity contribution in [1.29, 1.82) is 0 Å². The molecule has 1 aromatic carbocycles. The van der Waals surface area contributed by atoms with Crippen LogP contribution in [0.5, 0.6) is 0 Å². The van der Waals surface area contributed by atoms with E-state index in [0.717, 1.165) is 38.3 Å². The van der Waals surface area contributed by atoms with Crippen LogP contribution in [0, 0.1) is 0 Å². The SMILES string of the molecule is C=CCCCN(C)C(=NC)NCC(Cc1ccccc1)N(C)C. The molecule has 1 rings (SSSR count). The zero-order valence-corrected chi connectivity index (χ0v) is 15.1. The van der Waals surface area contributed by atoms with E-state index in [0.29, 0.717) is 6.04 Å². The normalized spacial score (nSPS) is 13.0. The maximum atomic E-state index is 4.39. The predicted octanol–water partition coefficient (Wildman–Crippen LogP) is 2.63. The Morgan fingerprint density at radius 1 is 1.26 bits per heavy atom. The highest BCUT2D eigenvalue weighted by Crippen LogP contribution is 2.06. The minimum Gasteiger partial charge on any atom is -0.355 e. The molecule has 0 radical (unpaired) electrons. The second-order valence-electron chi connectivity index (χ2n) is 6.09. The zero-order valence-electron chi connectivity index (χ0n) is 15.1. The zero-order chi connectivity index (χ0) is 17.1. The summed E-state index contributed by atoms with van der Waals surface area (Å²) in [6.45, 7) is 5.63. The predicted molar refractivity (Wildman–Crippen MR) is 101 cm³/mol. The van der Waals surface area contributed by atoms with E-state index in [1.165, 1.54) is 5.56 Å². The first-order valence-corrected chi connectivity index (χ1v) is 8.31. The van der Waals surface area contributed by atoms with E-state index >= 15 is 0 Å². The maximum Gasteiger partial charge on any atom is 0.193 e. The summed E-state index contributed by atoms with van der Waals surface area (Å²) >= 11 is 0.